The molecule has 0 saturated heterocycles. The van der Waals surface area contributed by atoms with Gasteiger partial charge in [-0.3, -0.25) is 4.79 Å². The first-order valence-electron chi connectivity index (χ1n) is 7.96. The number of para-hydroxylation sites is 1. The summed E-state index contributed by atoms with van der Waals surface area (Å²) in [5.41, 5.74) is -0.00869. The Bertz CT molecular complexity index is 671. The van der Waals surface area contributed by atoms with E-state index in [0.717, 1.165) is 5.75 Å². The van der Waals surface area contributed by atoms with Crippen molar-refractivity contribution < 1.29 is 19.0 Å². The maximum atomic E-state index is 11.6. The number of hydrogen-bond donors (Lipinski definition) is 0. The van der Waals surface area contributed by atoms with E-state index in [2.05, 4.69) is 0 Å². The molecule has 0 aliphatic heterocycles. The predicted molar refractivity (Wildman–Crippen MR) is 94.8 cm³/mol. The van der Waals surface area contributed by atoms with Gasteiger partial charge in [0.25, 0.3) is 0 Å². The van der Waals surface area contributed by atoms with Crippen molar-refractivity contribution in [1.29, 1.82) is 10.5 Å². The molecular formula is C19H21N3O4. The van der Waals surface area contributed by atoms with Crippen molar-refractivity contribution in [3.63, 3.8) is 0 Å². The van der Waals surface area contributed by atoms with Crippen molar-refractivity contribution in [2.24, 2.45) is 0 Å². The van der Waals surface area contributed by atoms with E-state index in [0.29, 0.717) is 19.8 Å². The molecule has 0 spiro atoms. The highest BCUT2D eigenvalue weighted by Crippen LogP contribution is 2.07. The fraction of sp³-hybridized carbons (Fsp3) is 0.316. The summed E-state index contributed by atoms with van der Waals surface area (Å²) in [4.78, 5) is 13.2. The van der Waals surface area contributed by atoms with Gasteiger partial charge >= 0.3 is 5.97 Å². The van der Waals surface area contributed by atoms with Gasteiger partial charge in [0, 0.05) is 7.05 Å². The molecule has 0 atom stereocenters. The summed E-state index contributed by atoms with van der Waals surface area (Å²) in [6, 6.07) is 12.9. The predicted octanol–water partition coefficient (Wildman–Crippen LogP) is 2.04. The van der Waals surface area contributed by atoms with E-state index in [1.807, 2.05) is 30.3 Å². The summed E-state index contributed by atoms with van der Waals surface area (Å²) in [5, 5.41) is 17.2. The molecule has 0 heterocycles. The van der Waals surface area contributed by atoms with Crippen molar-refractivity contribution in [3.8, 4) is 17.9 Å². The molecule has 0 saturated carbocycles. The number of benzene rings is 1. The van der Waals surface area contributed by atoms with Crippen LogP contribution in [0, 0.1) is 22.7 Å². The lowest BCUT2D eigenvalue weighted by Gasteiger charge is -2.13. The number of esters is 1. The Balaban J connectivity index is 2.07. The van der Waals surface area contributed by atoms with Gasteiger partial charge in [0.1, 0.15) is 43.2 Å². The van der Waals surface area contributed by atoms with E-state index >= 15 is 0 Å². The molecule has 7 nitrogen and oxygen atoms in total. The standard InChI is InChI=1S/C19H21N3O4/c1-22(9-5-6-17(14-20)15-21)16-19(23)26-13-11-24-10-12-25-18-7-3-2-4-8-18/h2-9H,10-13,16H2,1H3/b9-5+. The first-order valence-corrected chi connectivity index (χ1v) is 7.96. The number of ether oxygens (including phenoxy) is 3. The van der Waals surface area contributed by atoms with Crippen LogP contribution in [0.25, 0.3) is 0 Å². The number of nitrogens with zero attached hydrogens (tertiary/aromatic N) is 3. The molecule has 0 radical (unpaired) electrons. The first-order chi connectivity index (χ1) is 12.7. The Hall–Kier alpha value is -3.29. The van der Waals surface area contributed by atoms with E-state index < -0.39 is 5.97 Å². The summed E-state index contributed by atoms with van der Waals surface area (Å²) < 4.78 is 15.8. The monoisotopic (exact) mass is 355 g/mol. The first kappa shape index (κ1) is 20.8. The van der Waals surface area contributed by atoms with Crippen LogP contribution < -0.4 is 4.74 Å². The van der Waals surface area contributed by atoms with E-state index in [4.69, 9.17) is 24.7 Å². The van der Waals surface area contributed by atoms with Crippen LogP contribution in [0.3, 0.4) is 0 Å². The number of hydrogen-bond acceptors (Lipinski definition) is 7. The molecule has 1 rings (SSSR count). The number of nitriles is 2. The number of carbonyl (C=O) groups is 1. The molecule has 0 N–H and O–H groups in total. The molecule has 0 aliphatic carbocycles. The van der Waals surface area contributed by atoms with Gasteiger partial charge in [-0.15, -0.1) is 0 Å². The van der Waals surface area contributed by atoms with Crippen molar-refractivity contribution in [1.82, 2.24) is 4.90 Å². The van der Waals surface area contributed by atoms with E-state index in [9.17, 15) is 4.79 Å². The zero-order valence-electron chi connectivity index (χ0n) is 14.6. The lowest BCUT2D eigenvalue weighted by atomic mass is 10.3. The molecule has 1 aromatic rings. The van der Waals surface area contributed by atoms with Gasteiger partial charge in [-0.2, -0.15) is 10.5 Å². The Kier molecular flexibility index (Phi) is 10.4. The van der Waals surface area contributed by atoms with Crippen LogP contribution in [0.15, 0.2) is 54.3 Å². The Morgan fingerprint density at radius 2 is 1.81 bits per heavy atom. The van der Waals surface area contributed by atoms with Crippen LogP contribution in [0.5, 0.6) is 5.75 Å². The van der Waals surface area contributed by atoms with Crippen molar-refractivity contribution in [3.05, 3.63) is 54.3 Å². The van der Waals surface area contributed by atoms with E-state index in [1.165, 1.54) is 12.2 Å². The van der Waals surface area contributed by atoms with Crippen LogP contribution in [-0.4, -0.2) is 50.9 Å². The van der Waals surface area contributed by atoms with E-state index in [-0.39, 0.29) is 18.7 Å². The third-order valence-electron chi connectivity index (χ3n) is 2.95. The van der Waals surface area contributed by atoms with E-state index in [1.54, 1.807) is 30.3 Å². The third kappa shape index (κ3) is 9.76. The summed E-state index contributed by atoms with van der Waals surface area (Å²) in [7, 11) is 1.68. The molecule has 136 valence electrons. The Morgan fingerprint density at radius 3 is 2.50 bits per heavy atom. The quantitative estimate of drug-likeness (QED) is 0.259. The molecule has 26 heavy (non-hydrogen) atoms. The zero-order chi connectivity index (χ0) is 19.0. The second-order valence-electron chi connectivity index (χ2n) is 5.05. The van der Waals surface area contributed by atoms with Gasteiger partial charge in [0.05, 0.1) is 13.2 Å². The molecule has 0 fully saturated rings. The minimum atomic E-state index is -0.397. The highest BCUT2D eigenvalue weighted by atomic mass is 16.6. The maximum Gasteiger partial charge on any atom is 0.325 e. The van der Waals surface area contributed by atoms with Crippen LogP contribution in [0.4, 0.5) is 0 Å². The molecule has 0 bridgehead atoms. The molecule has 7 heteroatoms. The second-order valence-corrected chi connectivity index (χ2v) is 5.05. The molecule has 0 aliphatic rings. The Labute approximate surface area is 153 Å². The van der Waals surface area contributed by atoms with Gasteiger partial charge in [-0.05, 0) is 30.5 Å². The largest absolute Gasteiger partial charge is 0.491 e. The van der Waals surface area contributed by atoms with Crippen LogP contribution in [0.2, 0.25) is 0 Å². The number of allylic oxidation sites excluding steroid dienone is 3. The van der Waals surface area contributed by atoms with Crippen molar-refractivity contribution in [2.45, 2.75) is 0 Å². The van der Waals surface area contributed by atoms with Gasteiger partial charge in [0.2, 0.25) is 0 Å². The summed E-state index contributed by atoms with van der Waals surface area (Å²) >= 11 is 0. The van der Waals surface area contributed by atoms with Crippen LogP contribution in [0.1, 0.15) is 0 Å². The highest BCUT2D eigenvalue weighted by Gasteiger charge is 2.04. The molecule has 0 aromatic heterocycles. The molecular weight excluding hydrogens is 334 g/mol. The maximum absolute atomic E-state index is 11.6. The van der Waals surface area contributed by atoms with Gasteiger partial charge < -0.3 is 19.1 Å². The summed E-state index contributed by atoms with van der Waals surface area (Å²) in [6.45, 7) is 1.33. The van der Waals surface area contributed by atoms with Gasteiger partial charge in [0.15, 0.2) is 0 Å². The molecule has 0 unspecified atom stereocenters. The van der Waals surface area contributed by atoms with Crippen LogP contribution >= 0.6 is 0 Å². The lowest BCUT2D eigenvalue weighted by molar-refractivity contribution is -0.145. The average Bonchev–Trinajstić information content (AvgIpc) is 2.65. The smallest absolute Gasteiger partial charge is 0.325 e. The lowest BCUT2D eigenvalue weighted by Crippen LogP contribution is -2.24. The molecule has 0 amide bonds. The minimum Gasteiger partial charge on any atom is -0.491 e. The summed E-state index contributed by atoms with van der Waals surface area (Å²) in [6.07, 6.45) is 4.46. The highest BCUT2D eigenvalue weighted by molar-refractivity contribution is 5.71. The topological polar surface area (TPSA) is 95.6 Å². The average molecular weight is 355 g/mol. The second kappa shape index (κ2) is 13.1. The SMILES string of the molecule is CN(/C=C/C=C(C#N)C#N)CC(=O)OCCOCCOc1ccccc1. The molecule has 1 aromatic carbocycles. The number of carbonyl (C=O) groups excluding carboxylic acids is 1. The van der Waals surface area contributed by atoms with Crippen molar-refractivity contribution >= 4 is 5.97 Å². The van der Waals surface area contributed by atoms with Crippen molar-refractivity contribution in [2.75, 3.05) is 40.0 Å². The minimum absolute atomic E-state index is 0.00869. The third-order valence-corrected chi connectivity index (χ3v) is 2.95. The van der Waals surface area contributed by atoms with Gasteiger partial charge in [-0.25, -0.2) is 0 Å². The van der Waals surface area contributed by atoms with Gasteiger partial charge in [-0.1, -0.05) is 18.2 Å². The Morgan fingerprint density at radius 1 is 1.12 bits per heavy atom. The fourth-order valence-corrected chi connectivity index (χ4v) is 1.74. The van der Waals surface area contributed by atoms with Crippen LogP contribution in [-0.2, 0) is 14.3 Å². The number of likely N-dealkylation sites (N-methyl/N-ethyl adjacent to an activating group) is 1. The fourth-order valence-electron chi connectivity index (χ4n) is 1.74. The number of rotatable bonds is 11. The zero-order valence-corrected chi connectivity index (χ0v) is 14.6. The summed E-state index contributed by atoms with van der Waals surface area (Å²) in [5.74, 6) is 0.385. The normalized spacial score (nSPS) is 9.81.